The van der Waals surface area contributed by atoms with Gasteiger partial charge in [0, 0.05) is 20.0 Å². The van der Waals surface area contributed by atoms with Crippen molar-refractivity contribution < 1.29 is 0 Å². The Bertz CT molecular complexity index is 466. The van der Waals surface area contributed by atoms with Crippen LogP contribution in [0.3, 0.4) is 0 Å². The van der Waals surface area contributed by atoms with Gasteiger partial charge in [0.25, 0.3) is 0 Å². The van der Waals surface area contributed by atoms with Gasteiger partial charge in [-0.1, -0.05) is 28.1 Å². The molecule has 0 atom stereocenters. The van der Waals surface area contributed by atoms with Crippen molar-refractivity contribution in [3.8, 4) is 0 Å². The monoisotopic (exact) mass is 299 g/mol. The van der Waals surface area contributed by atoms with Crippen molar-refractivity contribution in [1.82, 2.24) is 4.98 Å². The van der Waals surface area contributed by atoms with E-state index in [0.29, 0.717) is 0 Å². The Labute approximate surface area is 93.4 Å². The van der Waals surface area contributed by atoms with E-state index in [1.165, 1.54) is 0 Å². The molecular weight excluding hydrogens is 294 g/mol. The summed E-state index contributed by atoms with van der Waals surface area (Å²) in [5.41, 5.74) is 2.03. The van der Waals surface area contributed by atoms with E-state index in [4.69, 9.17) is 0 Å². The van der Waals surface area contributed by atoms with Gasteiger partial charge in [-0.2, -0.15) is 0 Å². The molecule has 66 valence electrons. The largest absolute Gasteiger partial charge is 0.252 e. The van der Waals surface area contributed by atoms with Crippen molar-refractivity contribution in [3.63, 3.8) is 0 Å². The molecule has 1 aromatic carbocycles. The van der Waals surface area contributed by atoms with Gasteiger partial charge in [-0.15, -0.1) is 0 Å². The number of hydrogen-bond acceptors (Lipinski definition) is 1. The molecule has 0 aliphatic rings. The molecule has 0 unspecified atom stereocenters. The van der Waals surface area contributed by atoms with Crippen LogP contribution in [0.25, 0.3) is 10.9 Å². The standard InChI is InChI=1S/C10H7Br2N/c1-6-5-9(12)7-3-2-4-8(11)10(7)13-6/h2-5H,1H3. The second-order valence-electron chi connectivity index (χ2n) is 2.88. The number of hydrogen-bond donors (Lipinski definition) is 0. The highest BCUT2D eigenvalue weighted by Crippen LogP contribution is 2.28. The molecule has 0 amide bonds. The minimum absolute atomic E-state index is 1.01. The number of rotatable bonds is 0. The molecule has 0 saturated heterocycles. The quantitative estimate of drug-likeness (QED) is 0.715. The predicted octanol–water partition coefficient (Wildman–Crippen LogP) is 4.07. The average Bonchev–Trinajstić information content (AvgIpc) is 2.07. The zero-order valence-corrected chi connectivity index (χ0v) is 10.2. The van der Waals surface area contributed by atoms with Crippen LogP contribution in [0.1, 0.15) is 5.69 Å². The minimum atomic E-state index is 1.01. The van der Waals surface area contributed by atoms with Gasteiger partial charge in [0.2, 0.25) is 0 Å². The van der Waals surface area contributed by atoms with E-state index in [0.717, 1.165) is 25.5 Å². The van der Waals surface area contributed by atoms with Crippen molar-refractivity contribution in [3.05, 3.63) is 38.9 Å². The van der Waals surface area contributed by atoms with Gasteiger partial charge in [0.1, 0.15) is 0 Å². The van der Waals surface area contributed by atoms with Crippen LogP contribution in [0.2, 0.25) is 0 Å². The fraction of sp³-hybridized carbons (Fsp3) is 0.100. The summed E-state index contributed by atoms with van der Waals surface area (Å²) in [5.74, 6) is 0. The number of aromatic nitrogens is 1. The number of nitrogens with zero attached hydrogens (tertiary/aromatic N) is 1. The lowest BCUT2D eigenvalue weighted by molar-refractivity contribution is 1.24. The Morgan fingerprint density at radius 3 is 2.69 bits per heavy atom. The fourth-order valence-corrected chi connectivity index (χ4v) is 2.40. The lowest BCUT2D eigenvalue weighted by Gasteiger charge is -2.03. The van der Waals surface area contributed by atoms with E-state index < -0.39 is 0 Å². The lowest BCUT2D eigenvalue weighted by Crippen LogP contribution is -1.85. The van der Waals surface area contributed by atoms with Gasteiger partial charge in [-0.25, -0.2) is 0 Å². The van der Waals surface area contributed by atoms with Crippen LogP contribution < -0.4 is 0 Å². The maximum atomic E-state index is 4.46. The molecule has 0 aliphatic carbocycles. The summed E-state index contributed by atoms with van der Waals surface area (Å²) in [6, 6.07) is 8.08. The Hall–Kier alpha value is -0.410. The molecule has 3 heteroatoms. The summed E-state index contributed by atoms with van der Waals surface area (Å²) in [7, 11) is 0. The Balaban J connectivity index is 2.94. The van der Waals surface area contributed by atoms with Crippen molar-refractivity contribution in [2.75, 3.05) is 0 Å². The Morgan fingerprint density at radius 2 is 1.92 bits per heavy atom. The van der Waals surface area contributed by atoms with Gasteiger partial charge in [0.05, 0.1) is 5.52 Å². The molecule has 0 saturated carbocycles. The zero-order chi connectivity index (χ0) is 9.42. The Morgan fingerprint density at radius 1 is 1.15 bits per heavy atom. The third kappa shape index (κ3) is 1.63. The SMILES string of the molecule is Cc1cc(Br)c2cccc(Br)c2n1. The van der Waals surface area contributed by atoms with Gasteiger partial charge in [0.15, 0.2) is 0 Å². The molecule has 0 spiro atoms. The molecule has 13 heavy (non-hydrogen) atoms. The minimum Gasteiger partial charge on any atom is -0.252 e. The summed E-state index contributed by atoms with van der Waals surface area (Å²) in [4.78, 5) is 4.46. The second kappa shape index (κ2) is 3.39. The summed E-state index contributed by atoms with van der Waals surface area (Å²) >= 11 is 7.00. The normalized spacial score (nSPS) is 10.7. The van der Waals surface area contributed by atoms with E-state index in [1.807, 2.05) is 25.1 Å². The molecule has 2 rings (SSSR count). The number of halogens is 2. The predicted molar refractivity (Wildman–Crippen MR) is 61.9 cm³/mol. The highest BCUT2D eigenvalue weighted by Gasteiger charge is 2.03. The van der Waals surface area contributed by atoms with Gasteiger partial charge in [-0.3, -0.25) is 4.98 Å². The first kappa shape index (κ1) is 9.16. The van der Waals surface area contributed by atoms with E-state index in [-0.39, 0.29) is 0 Å². The van der Waals surface area contributed by atoms with Crippen LogP contribution >= 0.6 is 31.9 Å². The third-order valence-electron chi connectivity index (χ3n) is 1.87. The molecule has 0 radical (unpaired) electrons. The smallest absolute Gasteiger partial charge is 0.0858 e. The summed E-state index contributed by atoms with van der Waals surface area (Å²) in [6.45, 7) is 1.99. The van der Waals surface area contributed by atoms with Crippen LogP contribution in [0.5, 0.6) is 0 Å². The molecule has 0 aliphatic heterocycles. The van der Waals surface area contributed by atoms with Crippen molar-refractivity contribution in [2.45, 2.75) is 6.92 Å². The van der Waals surface area contributed by atoms with Crippen LogP contribution in [-0.4, -0.2) is 4.98 Å². The summed E-state index contributed by atoms with van der Waals surface area (Å²) < 4.78 is 2.13. The number of pyridine rings is 1. The Kier molecular flexibility index (Phi) is 2.39. The van der Waals surface area contributed by atoms with Gasteiger partial charge < -0.3 is 0 Å². The van der Waals surface area contributed by atoms with Crippen LogP contribution in [0, 0.1) is 6.92 Å². The topological polar surface area (TPSA) is 12.9 Å². The van der Waals surface area contributed by atoms with Crippen LogP contribution in [-0.2, 0) is 0 Å². The molecule has 0 N–H and O–H groups in total. The fourth-order valence-electron chi connectivity index (χ4n) is 1.29. The molecule has 0 bridgehead atoms. The first-order valence-corrected chi connectivity index (χ1v) is 5.48. The zero-order valence-electron chi connectivity index (χ0n) is 7.01. The van der Waals surface area contributed by atoms with E-state index >= 15 is 0 Å². The van der Waals surface area contributed by atoms with Crippen molar-refractivity contribution in [1.29, 1.82) is 0 Å². The molecule has 1 nitrogen and oxygen atoms in total. The lowest BCUT2D eigenvalue weighted by atomic mass is 10.2. The second-order valence-corrected chi connectivity index (χ2v) is 4.59. The maximum absolute atomic E-state index is 4.46. The van der Waals surface area contributed by atoms with E-state index in [1.54, 1.807) is 0 Å². The summed E-state index contributed by atoms with van der Waals surface area (Å²) in [6.07, 6.45) is 0. The van der Waals surface area contributed by atoms with Crippen molar-refractivity contribution in [2.24, 2.45) is 0 Å². The van der Waals surface area contributed by atoms with Crippen LogP contribution in [0.4, 0.5) is 0 Å². The number of aryl methyl sites for hydroxylation is 1. The van der Waals surface area contributed by atoms with Gasteiger partial charge >= 0.3 is 0 Å². The molecule has 1 heterocycles. The number of benzene rings is 1. The van der Waals surface area contributed by atoms with Crippen LogP contribution in [0.15, 0.2) is 33.2 Å². The number of para-hydroxylation sites is 1. The first-order valence-electron chi connectivity index (χ1n) is 3.90. The van der Waals surface area contributed by atoms with Gasteiger partial charge in [-0.05, 0) is 35.0 Å². The molecule has 1 aromatic heterocycles. The maximum Gasteiger partial charge on any atom is 0.0858 e. The first-order chi connectivity index (χ1) is 6.18. The van der Waals surface area contributed by atoms with E-state index in [9.17, 15) is 0 Å². The summed E-state index contributed by atoms with van der Waals surface area (Å²) in [5, 5.41) is 1.14. The highest BCUT2D eigenvalue weighted by molar-refractivity contribution is 9.11. The third-order valence-corrected chi connectivity index (χ3v) is 3.16. The molecule has 0 fully saturated rings. The molecule has 2 aromatic rings. The van der Waals surface area contributed by atoms with E-state index in [2.05, 4.69) is 42.9 Å². The highest BCUT2D eigenvalue weighted by atomic mass is 79.9. The number of fused-ring (bicyclic) bond motifs is 1. The van der Waals surface area contributed by atoms with Crippen molar-refractivity contribution >= 4 is 42.8 Å². The average molecular weight is 301 g/mol. The molecular formula is C10H7Br2N.